The average molecular weight is 587 g/mol. The third kappa shape index (κ3) is 5.01. The molecule has 0 radical (unpaired) electrons. The van der Waals surface area contributed by atoms with E-state index in [1.807, 2.05) is 13.0 Å². The van der Waals surface area contributed by atoms with E-state index in [1.54, 1.807) is 50.2 Å². The van der Waals surface area contributed by atoms with Crippen LogP contribution in [0.4, 0.5) is 0 Å². The largest absolute Gasteiger partial charge is 0.485 e. The van der Waals surface area contributed by atoms with Gasteiger partial charge in [-0.05, 0) is 79.1 Å². The SMILES string of the molecule is Cc1cc(C)c(S(=O)(=O)n2cc(C(=O)COc3cc4ccc(Cl)cc4cc3C(N)=O)c3ccc(C#N)nc32)c(C)c1. The zero-order valence-corrected chi connectivity index (χ0v) is 23.8. The maximum Gasteiger partial charge on any atom is 0.269 e. The minimum Gasteiger partial charge on any atom is -0.485 e. The Kier molecular flexibility index (Phi) is 7.03. The van der Waals surface area contributed by atoms with Crippen LogP contribution >= 0.6 is 11.6 Å². The van der Waals surface area contributed by atoms with Gasteiger partial charge >= 0.3 is 0 Å². The molecule has 0 spiro atoms. The molecular weight excluding hydrogens is 564 g/mol. The summed E-state index contributed by atoms with van der Waals surface area (Å²) in [7, 11) is -4.21. The fourth-order valence-corrected chi connectivity index (χ4v) is 6.91. The number of aryl methyl sites for hydroxylation is 3. The number of rotatable bonds is 7. The monoisotopic (exact) mass is 586 g/mol. The number of Topliss-reactive ketones (excluding diaryl/α,β-unsaturated/α-hetero) is 1. The third-order valence-electron chi connectivity index (χ3n) is 6.68. The first kappa shape index (κ1) is 27.8. The van der Waals surface area contributed by atoms with E-state index >= 15 is 0 Å². The summed E-state index contributed by atoms with van der Waals surface area (Å²) in [5.41, 5.74) is 7.54. The summed E-state index contributed by atoms with van der Waals surface area (Å²) in [6.45, 7) is 4.73. The Morgan fingerprint density at radius 2 is 1.71 bits per heavy atom. The lowest BCUT2D eigenvalue weighted by Crippen LogP contribution is -2.17. The molecule has 9 nitrogen and oxygen atoms in total. The highest BCUT2D eigenvalue weighted by atomic mass is 35.5. The number of primary amides is 1. The Hall–Kier alpha value is -4.72. The Morgan fingerprint density at radius 1 is 1.00 bits per heavy atom. The van der Waals surface area contributed by atoms with Gasteiger partial charge < -0.3 is 10.5 Å². The van der Waals surface area contributed by atoms with Crippen LogP contribution < -0.4 is 10.5 Å². The van der Waals surface area contributed by atoms with Crippen molar-refractivity contribution in [3.8, 4) is 11.8 Å². The summed E-state index contributed by atoms with van der Waals surface area (Å²) in [5.74, 6) is -1.23. The van der Waals surface area contributed by atoms with Crippen LogP contribution in [-0.4, -0.2) is 35.7 Å². The van der Waals surface area contributed by atoms with Gasteiger partial charge in [0, 0.05) is 22.2 Å². The van der Waals surface area contributed by atoms with E-state index in [1.165, 1.54) is 24.4 Å². The molecule has 41 heavy (non-hydrogen) atoms. The summed E-state index contributed by atoms with van der Waals surface area (Å²) >= 11 is 6.07. The maximum atomic E-state index is 13.9. The van der Waals surface area contributed by atoms with E-state index < -0.39 is 28.3 Å². The summed E-state index contributed by atoms with van der Waals surface area (Å²) < 4.78 is 34.5. The fraction of sp³-hybridized carbons (Fsp3) is 0.133. The Bertz CT molecular complexity index is 2050. The predicted octanol–water partition coefficient (Wildman–Crippen LogP) is 5.24. The average Bonchev–Trinajstić information content (AvgIpc) is 3.30. The lowest BCUT2D eigenvalue weighted by molar-refractivity contribution is 0.0914. The Labute approximate surface area is 240 Å². The second-order valence-corrected chi connectivity index (χ2v) is 11.9. The summed E-state index contributed by atoms with van der Waals surface area (Å²) in [6.07, 6.45) is 1.19. The number of ether oxygens (including phenoxy) is 1. The number of halogens is 1. The van der Waals surface area contributed by atoms with Gasteiger partial charge in [-0.1, -0.05) is 35.4 Å². The van der Waals surface area contributed by atoms with Crippen molar-refractivity contribution < 1.29 is 22.7 Å². The van der Waals surface area contributed by atoms with Gasteiger partial charge in [0.1, 0.15) is 17.5 Å². The molecule has 2 N–H and O–H groups in total. The molecule has 0 aliphatic heterocycles. The van der Waals surface area contributed by atoms with Crippen LogP contribution in [0, 0.1) is 32.1 Å². The van der Waals surface area contributed by atoms with E-state index in [0.717, 1.165) is 9.54 Å². The molecule has 5 rings (SSSR count). The van der Waals surface area contributed by atoms with E-state index in [0.29, 0.717) is 26.9 Å². The molecule has 1 amide bonds. The van der Waals surface area contributed by atoms with E-state index in [2.05, 4.69) is 4.98 Å². The van der Waals surface area contributed by atoms with E-state index in [-0.39, 0.29) is 38.5 Å². The summed E-state index contributed by atoms with van der Waals surface area (Å²) in [6, 6.07) is 16.5. The quantitative estimate of drug-likeness (QED) is 0.257. The number of nitrogens with zero attached hydrogens (tertiary/aromatic N) is 3. The van der Waals surface area contributed by atoms with Crippen LogP contribution in [0.15, 0.2) is 65.7 Å². The number of nitrogens with two attached hydrogens (primary N) is 1. The smallest absolute Gasteiger partial charge is 0.269 e. The number of aromatic nitrogens is 2. The molecular formula is C30H23ClN4O5S. The van der Waals surface area contributed by atoms with Crippen molar-refractivity contribution in [3.63, 3.8) is 0 Å². The summed E-state index contributed by atoms with van der Waals surface area (Å²) in [5, 5.41) is 11.5. The number of carbonyl (C=O) groups is 2. The van der Waals surface area contributed by atoms with Crippen molar-refractivity contribution >= 4 is 55.1 Å². The lowest BCUT2D eigenvalue weighted by atomic mass is 10.1. The van der Waals surface area contributed by atoms with Crippen LogP contribution in [0.5, 0.6) is 5.75 Å². The van der Waals surface area contributed by atoms with Gasteiger partial charge in [0.15, 0.2) is 12.3 Å². The van der Waals surface area contributed by atoms with Crippen LogP contribution in [0.25, 0.3) is 21.8 Å². The number of amides is 1. The molecule has 0 atom stereocenters. The van der Waals surface area contributed by atoms with Gasteiger partial charge in [0.05, 0.1) is 10.5 Å². The number of hydrogen-bond donors (Lipinski definition) is 1. The molecule has 206 valence electrons. The van der Waals surface area contributed by atoms with Gasteiger partial charge in [0.25, 0.3) is 15.9 Å². The van der Waals surface area contributed by atoms with Crippen LogP contribution in [0.3, 0.4) is 0 Å². The number of carbonyl (C=O) groups excluding carboxylic acids is 2. The molecule has 0 bridgehead atoms. The van der Waals surface area contributed by atoms with Gasteiger partial charge in [-0.2, -0.15) is 5.26 Å². The number of fused-ring (bicyclic) bond motifs is 2. The van der Waals surface area contributed by atoms with E-state index in [4.69, 9.17) is 22.1 Å². The fourth-order valence-electron chi connectivity index (χ4n) is 4.99. The van der Waals surface area contributed by atoms with Gasteiger partial charge in [-0.3, -0.25) is 9.59 Å². The predicted molar refractivity (Wildman–Crippen MR) is 155 cm³/mol. The zero-order valence-electron chi connectivity index (χ0n) is 22.2. The van der Waals surface area contributed by atoms with Gasteiger partial charge in [-0.15, -0.1) is 0 Å². The molecule has 2 heterocycles. The highest BCUT2D eigenvalue weighted by Crippen LogP contribution is 2.31. The number of hydrogen-bond acceptors (Lipinski definition) is 7. The molecule has 3 aromatic carbocycles. The van der Waals surface area contributed by atoms with Crippen LogP contribution in [0.2, 0.25) is 5.02 Å². The zero-order chi connectivity index (χ0) is 29.6. The third-order valence-corrected chi connectivity index (χ3v) is 8.87. The molecule has 0 aliphatic rings. The lowest BCUT2D eigenvalue weighted by Gasteiger charge is -2.13. The minimum absolute atomic E-state index is 0.0120. The Morgan fingerprint density at radius 3 is 2.37 bits per heavy atom. The first-order valence-electron chi connectivity index (χ1n) is 12.4. The molecule has 0 fully saturated rings. The molecule has 5 aromatic rings. The van der Waals surface area contributed by atoms with Crippen LogP contribution in [-0.2, 0) is 10.0 Å². The molecule has 2 aromatic heterocycles. The second-order valence-electron chi connectivity index (χ2n) is 9.67. The van der Waals surface area contributed by atoms with Crippen molar-refractivity contribution in [1.29, 1.82) is 5.26 Å². The van der Waals surface area contributed by atoms with Crippen molar-refractivity contribution in [1.82, 2.24) is 8.96 Å². The van der Waals surface area contributed by atoms with E-state index in [9.17, 15) is 23.3 Å². The number of nitriles is 1. The minimum atomic E-state index is -4.21. The molecule has 0 unspecified atom stereocenters. The topological polar surface area (TPSA) is 145 Å². The normalized spacial score (nSPS) is 11.5. The van der Waals surface area contributed by atoms with Gasteiger partial charge in [0.2, 0.25) is 5.78 Å². The molecule has 0 aliphatic carbocycles. The van der Waals surface area contributed by atoms with Crippen molar-refractivity contribution in [2.75, 3.05) is 6.61 Å². The first-order valence-corrected chi connectivity index (χ1v) is 14.2. The van der Waals surface area contributed by atoms with Crippen molar-refractivity contribution in [2.24, 2.45) is 5.73 Å². The molecule has 11 heteroatoms. The van der Waals surface area contributed by atoms with Crippen LogP contribution in [0.1, 0.15) is 43.1 Å². The van der Waals surface area contributed by atoms with Crippen molar-refractivity contribution in [3.05, 3.63) is 99.3 Å². The van der Waals surface area contributed by atoms with Gasteiger partial charge in [-0.25, -0.2) is 17.4 Å². The maximum absolute atomic E-state index is 13.9. The highest BCUT2D eigenvalue weighted by molar-refractivity contribution is 7.90. The highest BCUT2D eigenvalue weighted by Gasteiger charge is 2.28. The van der Waals surface area contributed by atoms with Crippen molar-refractivity contribution in [2.45, 2.75) is 25.7 Å². The number of ketones is 1. The Balaban J connectivity index is 1.58. The molecule has 0 saturated carbocycles. The second kappa shape index (κ2) is 10.4. The standard InChI is InChI=1S/C30H23ClN4O5S/c1-16-8-17(2)28(18(3)9-16)41(38,39)35-14-25(23-7-6-22(13-32)34-30(23)35)26(36)15-40-27-12-19-4-5-21(31)10-20(19)11-24(27)29(33)37/h4-12,14H,15H2,1-3H3,(H2,33,37). The molecule has 0 saturated heterocycles. The first-order chi connectivity index (χ1) is 19.4. The number of pyridine rings is 1. The number of benzene rings is 3. The summed E-state index contributed by atoms with van der Waals surface area (Å²) in [4.78, 5) is 29.9.